The van der Waals surface area contributed by atoms with Gasteiger partial charge in [-0.25, -0.2) is 0 Å². The van der Waals surface area contributed by atoms with Crippen LogP contribution in [0, 0.1) is 5.41 Å². The largest absolute Gasteiger partial charge is 0.394 e. The Hall–Kier alpha value is -0.730. The molecule has 0 spiro atoms. The highest BCUT2D eigenvalue weighted by Gasteiger charge is 2.63. The fraction of sp³-hybridized carbons (Fsp3) is 0.923. The monoisotopic (exact) mass is 290 g/mol. The van der Waals surface area contributed by atoms with Crippen LogP contribution in [0.5, 0.6) is 0 Å². The van der Waals surface area contributed by atoms with E-state index < -0.39 is 42.2 Å². The van der Waals surface area contributed by atoms with Crippen LogP contribution in [0.25, 0.3) is 0 Å². The predicted molar refractivity (Wildman–Crippen MR) is 72.9 cm³/mol. The first-order valence-corrected chi connectivity index (χ1v) is 6.78. The maximum atomic E-state index is 12.4. The fourth-order valence-corrected chi connectivity index (χ4v) is 2.44. The summed E-state index contributed by atoms with van der Waals surface area (Å²) < 4.78 is 5.54. The van der Waals surface area contributed by atoms with Crippen molar-refractivity contribution in [2.75, 3.05) is 26.4 Å². The van der Waals surface area contributed by atoms with Gasteiger partial charge in [-0.1, -0.05) is 13.8 Å². The Morgan fingerprint density at radius 3 is 2.20 bits per heavy atom. The number of rotatable bonds is 7. The van der Waals surface area contributed by atoms with Crippen LogP contribution in [0.2, 0.25) is 0 Å². The molecule has 1 aliphatic rings. The number of nitrogens with two attached hydrogens (primary N) is 1. The van der Waals surface area contributed by atoms with Crippen molar-refractivity contribution in [2.24, 2.45) is 11.1 Å². The lowest BCUT2D eigenvalue weighted by molar-refractivity contribution is -0.173. The van der Waals surface area contributed by atoms with Gasteiger partial charge in [0.15, 0.2) is 0 Å². The van der Waals surface area contributed by atoms with Crippen LogP contribution < -0.4 is 11.1 Å². The number of carbonyl (C=O) groups excluding carboxylic acids is 1. The zero-order valence-corrected chi connectivity index (χ0v) is 12.3. The maximum absolute atomic E-state index is 12.4. The molecular formula is C13H26N2O5. The van der Waals surface area contributed by atoms with Crippen molar-refractivity contribution in [3.05, 3.63) is 0 Å². The molecule has 118 valence electrons. The first-order valence-electron chi connectivity index (χ1n) is 6.78. The summed E-state index contributed by atoms with van der Waals surface area (Å²) in [6.07, 6.45) is 0.243. The molecule has 1 fully saturated rings. The summed E-state index contributed by atoms with van der Waals surface area (Å²) in [6.45, 7) is 4.38. The van der Waals surface area contributed by atoms with Crippen LogP contribution in [0.3, 0.4) is 0 Å². The van der Waals surface area contributed by atoms with Crippen molar-refractivity contribution in [1.82, 2.24) is 5.32 Å². The molecule has 1 saturated carbocycles. The number of aliphatic hydroxyl groups is 3. The molecule has 0 aromatic heterocycles. The molecular weight excluding hydrogens is 264 g/mol. The van der Waals surface area contributed by atoms with E-state index in [0.717, 1.165) is 0 Å². The van der Waals surface area contributed by atoms with Crippen LogP contribution in [-0.4, -0.2) is 64.8 Å². The highest BCUT2D eigenvalue weighted by atomic mass is 16.5. The molecule has 1 rings (SSSR count). The van der Waals surface area contributed by atoms with E-state index in [-0.39, 0.29) is 6.10 Å². The second-order valence-corrected chi connectivity index (χ2v) is 6.05. The summed E-state index contributed by atoms with van der Waals surface area (Å²) in [5, 5.41) is 30.2. The van der Waals surface area contributed by atoms with Gasteiger partial charge in [-0.2, -0.15) is 0 Å². The third-order valence-electron chi connectivity index (χ3n) is 4.52. The van der Waals surface area contributed by atoms with E-state index >= 15 is 0 Å². The van der Waals surface area contributed by atoms with Crippen LogP contribution >= 0.6 is 0 Å². The zero-order chi connectivity index (χ0) is 15.6. The highest BCUT2D eigenvalue weighted by molar-refractivity contribution is 5.89. The van der Waals surface area contributed by atoms with E-state index in [1.54, 1.807) is 0 Å². The lowest BCUT2D eigenvalue weighted by atomic mass is 9.54. The number of nitrogens with one attached hydrogen (secondary N) is 1. The predicted octanol–water partition coefficient (Wildman–Crippen LogP) is -1.65. The number of hydrogen-bond donors (Lipinski definition) is 5. The van der Waals surface area contributed by atoms with E-state index in [9.17, 15) is 20.1 Å². The topological polar surface area (TPSA) is 125 Å². The lowest BCUT2D eigenvalue weighted by Gasteiger charge is -2.58. The van der Waals surface area contributed by atoms with Gasteiger partial charge < -0.3 is 31.1 Å². The second-order valence-electron chi connectivity index (χ2n) is 6.05. The summed E-state index contributed by atoms with van der Waals surface area (Å²) in [7, 11) is 0. The smallest absolute Gasteiger partial charge is 0.241 e. The Labute approximate surface area is 119 Å². The number of hydrogen-bond acceptors (Lipinski definition) is 6. The molecule has 0 radical (unpaired) electrons. The molecule has 7 heteroatoms. The fourth-order valence-electron chi connectivity index (χ4n) is 2.44. The molecule has 1 aliphatic carbocycles. The molecule has 1 amide bonds. The van der Waals surface area contributed by atoms with E-state index in [1.165, 1.54) is 0 Å². The first-order chi connectivity index (χ1) is 9.23. The van der Waals surface area contributed by atoms with Crippen LogP contribution in [0.4, 0.5) is 0 Å². The standard InChI is InChI=1S/C13H26N2O5/c1-4-20-9-5-13(14,11(9,2)3)10(19)15-12(6-16,7-17)8-18/h9,16-18H,4-8,14H2,1-3H3,(H,15,19). The molecule has 2 atom stereocenters. The van der Waals surface area contributed by atoms with Crippen molar-refractivity contribution in [2.45, 2.75) is 44.4 Å². The molecule has 6 N–H and O–H groups in total. The minimum Gasteiger partial charge on any atom is -0.394 e. The van der Waals surface area contributed by atoms with Gasteiger partial charge >= 0.3 is 0 Å². The molecule has 20 heavy (non-hydrogen) atoms. The minimum absolute atomic E-state index is 0.116. The van der Waals surface area contributed by atoms with E-state index in [1.807, 2.05) is 20.8 Å². The third kappa shape index (κ3) is 2.56. The molecule has 7 nitrogen and oxygen atoms in total. The average Bonchev–Trinajstić information content (AvgIpc) is 2.44. The molecule has 0 heterocycles. The van der Waals surface area contributed by atoms with Gasteiger partial charge in [0, 0.05) is 18.4 Å². The van der Waals surface area contributed by atoms with Crippen molar-refractivity contribution in [1.29, 1.82) is 0 Å². The van der Waals surface area contributed by atoms with Crippen molar-refractivity contribution in [3.8, 4) is 0 Å². The van der Waals surface area contributed by atoms with Gasteiger partial charge in [-0.05, 0) is 6.92 Å². The number of carbonyl (C=O) groups is 1. The Balaban J connectivity index is 2.83. The number of ether oxygens (including phenoxy) is 1. The second kappa shape index (κ2) is 5.95. The van der Waals surface area contributed by atoms with E-state index in [2.05, 4.69) is 5.32 Å². The first kappa shape index (κ1) is 17.3. The third-order valence-corrected chi connectivity index (χ3v) is 4.52. The van der Waals surface area contributed by atoms with Gasteiger partial charge in [-0.15, -0.1) is 0 Å². The summed E-state index contributed by atoms with van der Waals surface area (Å²) in [4.78, 5) is 12.4. The lowest BCUT2D eigenvalue weighted by Crippen LogP contribution is -2.78. The Morgan fingerprint density at radius 1 is 1.35 bits per heavy atom. The van der Waals surface area contributed by atoms with Gasteiger partial charge in [0.2, 0.25) is 5.91 Å². The molecule has 0 saturated heterocycles. The highest BCUT2D eigenvalue weighted by Crippen LogP contribution is 2.49. The summed E-state index contributed by atoms with van der Waals surface area (Å²) >= 11 is 0. The van der Waals surface area contributed by atoms with Crippen LogP contribution in [0.15, 0.2) is 0 Å². The molecule has 0 aliphatic heterocycles. The Bertz CT molecular complexity index is 348. The van der Waals surface area contributed by atoms with Crippen molar-refractivity contribution >= 4 is 5.91 Å². The molecule has 0 bridgehead atoms. The van der Waals surface area contributed by atoms with Crippen molar-refractivity contribution < 1.29 is 24.9 Å². The SMILES string of the molecule is CCOC1CC(N)(C(=O)NC(CO)(CO)CO)C1(C)C. The Kier molecular flexibility index (Phi) is 5.15. The van der Waals surface area contributed by atoms with Gasteiger partial charge in [-0.3, -0.25) is 4.79 Å². The van der Waals surface area contributed by atoms with Crippen LogP contribution in [-0.2, 0) is 9.53 Å². The normalized spacial score (nSPS) is 28.9. The van der Waals surface area contributed by atoms with E-state index in [0.29, 0.717) is 13.0 Å². The number of aliphatic hydroxyl groups excluding tert-OH is 3. The Morgan fingerprint density at radius 2 is 1.85 bits per heavy atom. The maximum Gasteiger partial charge on any atom is 0.241 e. The quantitative estimate of drug-likeness (QED) is 0.382. The van der Waals surface area contributed by atoms with Crippen LogP contribution in [0.1, 0.15) is 27.2 Å². The zero-order valence-electron chi connectivity index (χ0n) is 12.3. The summed E-state index contributed by atoms with van der Waals surface area (Å²) in [6, 6.07) is 0. The number of amides is 1. The summed E-state index contributed by atoms with van der Waals surface area (Å²) in [5.41, 5.74) is 2.99. The molecule has 0 aromatic carbocycles. The summed E-state index contributed by atoms with van der Waals surface area (Å²) in [5.74, 6) is -0.504. The van der Waals surface area contributed by atoms with Crippen molar-refractivity contribution in [3.63, 3.8) is 0 Å². The molecule has 0 aromatic rings. The average molecular weight is 290 g/mol. The molecule has 2 unspecified atom stereocenters. The van der Waals surface area contributed by atoms with Gasteiger partial charge in [0.25, 0.3) is 0 Å². The van der Waals surface area contributed by atoms with Gasteiger partial charge in [0.1, 0.15) is 11.1 Å². The minimum atomic E-state index is -1.46. The van der Waals surface area contributed by atoms with E-state index in [4.69, 9.17) is 10.5 Å². The van der Waals surface area contributed by atoms with Gasteiger partial charge in [0.05, 0.1) is 25.9 Å².